The smallest absolute Gasteiger partial charge is 0.264 e. The van der Waals surface area contributed by atoms with Crippen LogP contribution in [-0.4, -0.2) is 43.8 Å². The van der Waals surface area contributed by atoms with Crippen molar-refractivity contribution in [1.29, 1.82) is 0 Å². The molecule has 0 aliphatic rings. The largest absolute Gasteiger partial charge is 0.352 e. The minimum absolute atomic E-state index is 0.0512. The second kappa shape index (κ2) is 15.4. The van der Waals surface area contributed by atoms with E-state index in [9.17, 15) is 18.0 Å². The number of sulfonamides is 1. The Morgan fingerprint density at radius 1 is 0.841 bits per heavy atom. The molecule has 4 rings (SSSR count). The van der Waals surface area contributed by atoms with Crippen LogP contribution in [0.2, 0.25) is 5.02 Å². The average molecular weight is 697 g/mol. The van der Waals surface area contributed by atoms with Crippen LogP contribution in [-0.2, 0) is 32.6 Å². The first-order valence-electron chi connectivity index (χ1n) is 14.3. The van der Waals surface area contributed by atoms with Gasteiger partial charge in [0.1, 0.15) is 12.6 Å². The van der Waals surface area contributed by atoms with Crippen molar-refractivity contribution in [2.75, 3.05) is 10.8 Å². The van der Waals surface area contributed by atoms with E-state index in [0.717, 1.165) is 19.9 Å². The van der Waals surface area contributed by atoms with Crippen molar-refractivity contribution in [3.05, 3.63) is 130 Å². The summed E-state index contributed by atoms with van der Waals surface area (Å²) >= 11 is 9.54. The van der Waals surface area contributed by atoms with Gasteiger partial charge in [-0.2, -0.15) is 0 Å². The van der Waals surface area contributed by atoms with E-state index in [1.165, 1.54) is 17.0 Å². The second-order valence-corrected chi connectivity index (χ2v) is 13.7. The molecule has 0 aliphatic carbocycles. The SMILES string of the molecule is CC[C@H](C)NC(=O)[C@H](Cc1ccccc1)N(Cc1ccc(Cl)cc1)C(=O)CN(c1ccc(Br)cc1)S(=O)(=O)c1ccccc1. The molecule has 4 aromatic rings. The summed E-state index contributed by atoms with van der Waals surface area (Å²) in [4.78, 5) is 29.8. The maximum atomic E-state index is 14.4. The molecule has 0 bridgehead atoms. The summed E-state index contributed by atoms with van der Waals surface area (Å²) < 4.78 is 29.9. The first-order chi connectivity index (χ1) is 21.1. The van der Waals surface area contributed by atoms with Crippen molar-refractivity contribution < 1.29 is 18.0 Å². The average Bonchev–Trinajstić information content (AvgIpc) is 3.03. The Balaban J connectivity index is 1.79. The summed E-state index contributed by atoms with van der Waals surface area (Å²) in [6, 6.07) is 30.2. The van der Waals surface area contributed by atoms with E-state index >= 15 is 0 Å². The normalized spacial score (nSPS) is 12.6. The molecule has 44 heavy (non-hydrogen) atoms. The van der Waals surface area contributed by atoms with Gasteiger partial charge >= 0.3 is 0 Å². The van der Waals surface area contributed by atoms with Crippen molar-refractivity contribution in [3.8, 4) is 0 Å². The molecule has 230 valence electrons. The van der Waals surface area contributed by atoms with Crippen molar-refractivity contribution in [3.63, 3.8) is 0 Å². The van der Waals surface area contributed by atoms with Crippen LogP contribution in [0, 0.1) is 0 Å². The lowest BCUT2D eigenvalue weighted by Crippen LogP contribution is -2.54. The van der Waals surface area contributed by atoms with Gasteiger partial charge in [-0.1, -0.05) is 95.1 Å². The number of carbonyl (C=O) groups excluding carboxylic acids is 2. The van der Waals surface area contributed by atoms with E-state index < -0.39 is 28.5 Å². The van der Waals surface area contributed by atoms with E-state index in [0.29, 0.717) is 17.1 Å². The molecule has 10 heteroatoms. The number of rotatable bonds is 13. The fraction of sp³-hybridized carbons (Fsp3) is 0.235. The van der Waals surface area contributed by atoms with Gasteiger partial charge in [0.05, 0.1) is 10.6 Å². The van der Waals surface area contributed by atoms with E-state index in [1.807, 2.05) is 44.2 Å². The third-order valence-electron chi connectivity index (χ3n) is 7.26. The van der Waals surface area contributed by atoms with Gasteiger partial charge in [-0.05, 0) is 73.0 Å². The van der Waals surface area contributed by atoms with Crippen LogP contribution in [0.4, 0.5) is 5.69 Å². The van der Waals surface area contributed by atoms with Gasteiger partial charge in [0.2, 0.25) is 11.8 Å². The molecule has 0 fully saturated rings. The molecule has 0 heterocycles. The Bertz CT molecular complexity index is 1640. The Morgan fingerprint density at radius 2 is 1.43 bits per heavy atom. The Hall–Kier alpha value is -3.66. The third kappa shape index (κ3) is 8.71. The molecule has 4 aromatic carbocycles. The third-order valence-corrected chi connectivity index (χ3v) is 9.83. The van der Waals surface area contributed by atoms with Gasteiger partial charge in [0.25, 0.3) is 10.0 Å². The molecule has 0 aliphatic heterocycles. The number of benzene rings is 4. The highest BCUT2D eigenvalue weighted by Gasteiger charge is 2.35. The monoisotopic (exact) mass is 695 g/mol. The maximum absolute atomic E-state index is 14.4. The summed E-state index contributed by atoms with van der Waals surface area (Å²) in [6.45, 7) is 3.43. The van der Waals surface area contributed by atoms with Crippen LogP contribution in [0.1, 0.15) is 31.4 Å². The molecule has 0 aromatic heterocycles. The number of nitrogens with one attached hydrogen (secondary N) is 1. The van der Waals surface area contributed by atoms with E-state index in [4.69, 9.17) is 11.6 Å². The number of amides is 2. The molecule has 2 amide bonds. The fourth-order valence-corrected chi connectivity index (χ4v) is 6.46. The first kappa shape index (κ1) is 33.2. The number of hydrogen-bond donors (Lipinski definition) is 1. The van der Waals surface area contributed by atoms with Gasteiger partial charge in [0.15, 0.2) is 0 Å². The maximum Gasteiger partial charge on any atom is 0.264 e. The zero-order valence-corrected chi connectivity index (χ0v) is 27.7. The Morgan fingerprint density at radius 3 is 2.02 bits per heavy atom. The van der Waals surface area contributed by atoms with Gasteiger partial charge < -0.3 is 10.2 Å². The van der Waals surface area contributed by atoms with Crippen molar-refractivity contribution in [1.82, 2.24) is 10.2 Å². The molecule has 0 unspecified atom stereocenters. The standard InChI is InChI=1S/C34H35BrClN3O4S/c1-3-25(2)37-34(41)32(22-26-10-6-4-7-11-26)38(23-27-14-18-29(36)19-15-27)33(40)24-39(30-20-16-28(35)17-21-30)44(42,43)31-12-8-5-9-13-31/h4-21,25,32H,3,22-24H2,1-2H3,(H,37,41)/t25-,32-/m0/s1. The molecular formula is C34H35BrClN3O4S. The van der Waals surface area contributed by atoms with Crippen LogP contribution in [0.15, 0.2) is 119 Å². The highest BCUT2D eigenvalue weighted by molar-refractivity contribution is 9.10. The first-order valence-corrected chi connectivity index (χ1v) is 16.9. The highest BCUT2D eigenvalue weighted by atomic mass is 79.9. The predicted octanol–water partition coefficient (Wildman–Crippen LogP) is 6.85. The lowest BCUT2D eigenvalue weighted by molar-refractivity contribution is -0.140. The Labute approximate surface area is 273 Å². The zero-order valence-electron chi connectivity index (χ0n) is 24.6. The summed E-state index contributed by atoms with van der Waals surface area (Å²) in [6.07, 6.45) is 0.952. The molecule has 7 nitrogen and oxygen atoms in total. The predicted molar refractivity (Wildman–Crippen MR) is 179 cm³/mol. The van der Waals surface area contributed by atoms with Gasteiger partial charge in [-0.15, -0.1) is 0 Å². The molecule has 0 spiro atoms. The quantitative estimate of drug-likeness (QED) is 0.166. The molecular weight excluding hydrogens is 662 g/mol. The van der Waals surface area contributed by atoms with Crippen molar-refractivity contribution >= 4 is 55.1 Å². The zero-order chi connectivity index (χ0) is 31.7. The van der Waals surface area contributed by atoms with Crippen LogP contribution < -0.4 is 9.62 Å². The number of carbonyl (C=O) groups is 2. The van der Waals surface area contributed by atoms with Crippen LogP contribution in [0.5, 0.6) is 0 Å². The Kier molecular flexibility index (Phi) is 11.6. The van der Waals surface area contributed by atoms with Crippen LogP contribution >= 0.6 is 27.5 Å². The van der Waals surface area contributed by atoms with Gasteiger partial charge in [-0.25, -0.2) is 8.42 Å². The molecule has 2 atom stereocenters. The summed E-state index contributed by atoms with van der Waals surface area (Å²) in [7, 11) is -4.15. The lowest BCUT2D eigenvalue weighted by Gasteiger charge is -2.34. The fourth-order valence-electron chi connectivity index (χ4n) is 4.64. The number of anilines is 1. The highest BCUT2D eigenvalue weighted by Crippen LogP contribution is 2.26. The minimum atomic E-state index is -4.15. The van der Waals surface area contributed by atoms with E-state index in [2.05, 4.69) is 21.2 Å². The number of halogens is 2. The summed E-state index contributed by atoms with van der Waals surface area (Å²) in [5.74, 6) is -0.839. The lowest BCUT2D eigenvalue weighted by atomic mass is 10.0. The van der Waals surface area contributed by atoms with Crippen molar-refractivity contribution in [2.24, 2.45) is 0 Å². The van der Waals surface area contributed by atoms with E-state index in [-0.39, 0.29) is 29.8 Å². The summed E-state index contributed by atoms with van der Waals surface area (Å²) in [5, 5.41) is 3.58. The van der Waals surface area contributed by atoms with Crippen LogP contribution in [0.3, 0.4) is 0 Å². The van der Waals surface area contributed by atoms with E-state index in [1.54, 1.807) is 66.7 Å². The van der Waals surface area contributed by atoms with Gasteiger partial charge in [0, 0.05) is 28.5 Å². The topological polar surface area (TPSA) is 86.8 Å². The minimum Gasteiger partial charge on any atom is -0.352 e. The van der Waals surface area contributed by atoms with Crippen LogP contribution in [0.25, 0.3) is 0 Å². The van der Waals surface area contributed by atoms with Gasteiger partial charge in [-0.3, -0.25) is 13.9 Å². The molecule has 1 N–H and O–H groups in total. The second-order valence-electron chi connectivity index (χ2n) is 10.5. The molecule has 0 saturated heterocycles. The molecule has 0 saturated carbocycles. The number of hydrogen-bond acceptors (Lipinski definition) is 4. The van der Waals surface area contributed by atoms with Crippen molar-refractivity contribution in [2.45, 2.75) is 50.2 Å². The molecule has 0 radical (unpaired) electrons. The number of nitrogens with zero attached hydrogens (tertiary/aromatic N) is 2. The summed E-state index contributed by atoms with van der Waals surface area (Å²) in [5.41, 5.74) is 1.94.